The molecule has 42 heavy (non-hydrogen) atoms. The van der Waals surface area contributed by atoms with Gasteiger partial charge in [-0.1, -0.05) is 40.9 Å². The molecule has 220 valence electrons. The molecule has 2 aliphatic rings. The first-order valence-corrected chi connectivity index (χ1v) is 14.2. The van der Waals surface area contributed by atoms with Crippen LogP contribution in [0, 0.1) is 0 Å². The van der Waals surface area contributed by atoms with Crippen LogP contribution in [0.4, 0.5) is 0 Å². The summed E-state index contributed by atoms with van der Waals surface area (Å²) in [6.45, 7) is 1.07. The Morgan fingerprint density at radius 1 is 1.05 bits per heavy atom. The molecule has 4 N–H and O–H groups in total. The minimum atomic E-state index is -1.50. The summed E-state index contributed by atoms with van der Waals surface area (Å²) in [6.07, 6.45) is 1.64. The van der Waals surface area contributed by atoms with Crippen LogP contribution in [0.15, 0.2) is 54.6 Å². The van der Waals surface area contributed by atoms with Crippen LogP contribution in [-0.4, -0.2) is 40.4 Å². The third-order valence-corrected chi connectivity index (χ3v) is 8.47. The fraction of sp³-hybridized carbons (Fsp3) is 0.267. The first-order chi connectivity index (χ1) is 20.1. The maximum atomic E-state index is 10.7. The number of aryl methyl sites for hydroxylation is 1. The van der Waals surface area contributed by atoms with Gasteiger partial charge in [0.25, 0.3) is 0 Å². The number of fused-ring (bicyclic) bond motifs is 2. The molecule has 3 aromatic carbocycles. The molecule has 2 aliphatic heterocycles. The third-order valence-electron chi connectivity index (χ3n) is 7.41. The Hall–Kier alpha value is -3.63. The molecule has 1 amide bonds. The van der Waals surface area contributed by atoms with Gasteiger partial charge >= 0.3 is 5.97 Å². The first-order valence-electron chi connectivity index (χ1n) is 13.1. The van der Waals surface area contributed by atoms with Gasteiger partial charge in [0, 0.05) is 56.8 Å². The third kappa shape index (κ3) is 5.96. The summed E-state index contributed by atoms with van der Waals surface area (Å²) in [4.78, 5) is 21.3. The fourth-order valence-electron chi connectivity index (χ4n) is 5.00. The van der Waals surface area contributed by atoms with E-state index in [-0.39, 0.29) is 13.2 Å². The van der Waals surface area contributed by atoms with Gasteiger partial charge in [0.1, 0.15) is 12.4 Å². The van der Waals surface area contributed by atoms with Gasteiger partial charge in [-0.05, 0) is 67.4 Å². The van der Waals surface area contributed by atoms with Gasteiger partial charge in [-0.3, -0.25) is 10.1 Å². The molecule has 1 fully saturated rings. The van der Waals surface area contributed by atoms with Crippen LogP contribution in [0.3, 0.4) is 0 Å². The molecule has 6 rings (SSSR count). The van der Waals surface area contributed by atoms with Gasteiger partial charge in [-0.15, -0.1) is 0 Å². The average Bonchev–Trinajstić information content (AvgIpc) is 3.69. The second-order valence-corrected chi connectivity index (χ2v) is 11.2. The molecule has 0 bridgehead atoms. The quantitative estimate of drug-likeness (QED) is 0.223. The zero-order valence-electron chi connectivity index (χ0n) is 22.6. The van der Waals surface area contributed by atoms with E-state index in [0.717, 1.165) is 39.2 Å². The van der Waals surface area contributed by atoms with Crippen LogP contribution in [0.5, 0.6) is 17.2 Å². The number of hydrogen-bond donors (Lipinski definition) is 3. The predicted molar refractivity (Wildman–Crippen MR) is 161 cm³/mol. The Kier molecular flexibility index (Phi) is 8.75. The van der Waals surface area contributed by atoms with Crippen molar-refractivity contribution in [2.24, 2.45) is 12.8 Å². The normalized spacial score (nSPS) is 17.1. The van der Waals surface area contributed by atoms with Gasteiger partial charge in [0.05, 0.1) is 0 Å². The Labute approximate surface area is 257 Å². The summed E-state index contributed by atoms with van der Waals surface area (Å²) >= 11 is 19.0. The van der Waals surface area contributed by atoms with E-state index < -0.39 is 17.4 Å². The topological polar surface area (TPSA) is 125 Å². The fourth-order valence-corrected chi connectivity index (χ4v) is 5.73. The number of ether oxygens (including phenoxy) is 3. The van der Waals surface area contributed by atoms with Crippen LogP contribution in [0.25, 0.3) is 10.9 Å². The monoisotopic (exact) mass is 631 g/mol. The Morgan fingerprint density at radius 3 is 2.38 bits per heavy atom. The van der Waals surface area contributed by atoms with Crippen molar-refractivity contribution in [2.75, 3.05) is 13.3 Å². The van der Waals surface area contributed by atoms with Crippen LogP contribution in [-0.2, 0) is 29.7 Å². The second-order valence-electron chi connectivity index (χ2n) is 9.98. The van der Waals surface area contributed by atoms with E-state index in [1.165, 1.54) is 0 Å². The molecule has 0 unspecified atom stereocenters. The number of amides is 1. The lowest BCUT2D eigenvalue weighted by atomic mass is 9.97. The van der Waals surface area contributed by atoms with Gasteiger partial charge in [0.15, 0.2) is 17.0 Å². The summed E-state index contributed by atoms with van der Waals surface area (Å²) in [6, 6.07) is 17.3. The highest BCUT2D eigenvalue weighted by molar-refractivity contribution is 6.36. The molecular formula is C30H28Cl3N3O6. The number of carbonyl (C=O) groups excluding carboxylic acids is 1. The molecule has 3 heterocycles. The van der Waals surface area contributed by atoms with E-state index in [1.807, 2.05) is 43.4 Å². The van der Waals surface area contributed by atoms with Crippen molar-refractivity contribution in [1.29, 1.82) is 0 Å². The van der Waals surface area contributed by atoms with Crippen LogP contribution >= 0.6 is 34.8 Å². The van der Waals surface area contributed by atoms with Gasteiger partial charge in [-0.25, -0.2) is 4.79 Å². The molecule has 12 heteroatoms. The summed E-state index contributed by atoms with van der Waals surface area (Å²) in [7, 11) is 2.04. The molecule has 1 atom stereocenters. The number of carbonyl (C=O) groups is 2. The number of nitrogens with two attached hydrogens (primary N) is 1. The largest absolute Gasteiger partial charge is 0.489 e. The number of benzene rings is 3. The molecule has 1 aromatic heterocycles. The number of carboxylic acids is 1. The van der Waals surface area contributed by atoms with Gasteiger partial charge in [0.2, 0.25) is 12.7 Å². The number of nitrogens with zero attached hydrogens (tertiary/aromatic N) is 1. The molecule has 9 nitrogen and oxygen atoms in total. The van der Waals surface area contributed by atoms with Crippen LogP contribution in [0.1, 0.15) is 29.7 Å². The Morgan fingerprint density at radius 2 is 1.76 bits per heavy atom. The number of aromatic nitrogens is 1. The van der Waals surface area contributed by atoms with Gasteiger partial charge in [-0.2, -0.15) is 0 Å². The van der Waals surface area contributed by atoms with Gasteiger partial charge < -0.3 is 29.6 Å². The minimum absolute atomic E-state index is 0.228. The second kappa shape index (κ2) is 12.3. The zero-order valence-corrected chi connectivity index (χ0v) is 24.9. The van der Waals surface area contributed by atoms with E-state index in [2.05, 4.69) is 16.0 Å². The van der Waals surface area contributed by atoms with E-state index >= 15 is 0 Å². The summed E-state index contributed by atoms with van der Waals surface area (Å²) in [5.74, 6) is 0.185. The highest BCUT2D eigenvalue weighted by Gasteiger charge is 2.46. The van der Waals surface area contributed by atoms with Crippen molar-refractivity contribution in [3.8, 4) is 17.2 Å². The summed E-state index contributed by atoms with van der Waals surface area (Å²) in [5, 5.41) is 14.2. The predicted octanol–water partition coefficient (Wildman–Crippen LogP) is 5.72. The SMILES string of the molecule is Cn1c(Cc2cc3c(cc2Cl)OCO3)cc2cc(OCc3c(Cl)cccc3Cl)ccc21.NC(=O)[C@]1(C(=O)O)CCCN1. The smallest absolute Gasteiger partial charge is 0.333 e. The molecule has 0 spiro atoms. The highest BCUT2D eigenvalue weighted by atomic mass is 35.5. The number of primary amides is 1. The summed E-state index contributed by atoms with van der Waals surface area (Å²) < 4.78 is 19.0. The maximum absolute atomic E-state index is 10.7. The van der Waals surface area contributed by atoms with E-state index in [1.54, 1.807) is 12.1 Å². The molecular weight excluding hydrogens is 605 g/mol. The lowest BCUT2D eigenvalue weighted by Crippen LogP contribution is -2.57. The van der Waals surface area contributed by atoms with Crippen molar-refractivity contribution in [2.45, 2.75) is 31.4 Å². The number of nitrogens with one attached hydrogen (secondary N) is 1. The van der Waals surface area contributed by atoms with Crippen LogP contribution < -0.4 is 25.3 Å². The Bertz CT molecular complexity index is 1630. The number of rotatable bonds is 7. The minimum Gasteiger partial charge on any atom is -0.489 e. The lowest BCUT2D eigenvalue weighted by molar-refractivity contribution is -0.149. The van der Waals surface area contributed by atoms with E-state index in [4.69, 9.17) is 59.9 Å². The summed E-state index contributed by atoms with van der Waals surface area (Å²) in [5.41, 5.74) is 7.45. The Balaban J connectivity index is 0.000000271. The van der Waals surface area contributed by atoms with Crippen molar-refractivity contribution in [3.05, 3.63) is 86.5 Å². The molecule has 0 saturated carbocycles. The molecule has 1 saturated heterocycles. The van der Waals surface area contributed by atoms with Crippen LogP contribution in [0.2, 0.25) is 15.1 Å². The molecule has 0 aliphatic carbocycles. The average molecular weight is 633 g/mol. The molecule has 4 aromatic rings. The maximum Gasteiger partial charge on any atom is 0.333 e. The van der Waals surface area contributed by atoms with E-state index in [0.29, 0.717) is 46.8 Å². The number of halogens is 3. The van der Waals surface area contributed by atoms with E-state index in [9.17, 15) is 9.59 Å². The lowest BCUT2D eigenvalue weighted by Gasteiger charge is -2.19. The number of hydrogen-bond acceptors (Lipinski definition) is 6. The van der Waals surface area contributed by atoms with Crippen molar-refractivity contribution < 1.29 is 28.9 Å². The van der Waals surface area contributed by atoms with Crippen molar-refractivity contribution >= 4 is 57.6 Å². The molecule has 0 radical (unpaired) electrons. The zero-order chi connectivity index (χ0) is 30.0. The standard InChI is InChI=1S/C24H18Cl3NO3.C6H10N2O3/c1-28-16(7-14-10-23-24(11-21(14)27)31-13-30-23)8-15-9-17(5-6-22(15)28)29-12-18-19(25)3-2-4-20(18)26;7-4(9)6(5(10)11)2-1-3-8-6/h2-6,8-11H,7,12-13H2,1H3;8H,1-3H2,(H2,7,9)(H,10,11)/t;6-/m.0/s1. The number of aliphatic carboxylic acids is 1. The first kappa shape index (κ1) is 29.8. The van der Waals surface area contributed by atoms with Crippen molar-refractivity contribution in [3.63, 3.8) is 0 Å². The highest BCUT2D eigenvalue weighted by Crippen LogP contribution is 2.38. The van der Waals surface area contributed by atoms with Crippen molar-refractivity contribution in [1.82, 2.24) is 9.88 Å². The number of carboxylic acid groups (broad SMARTS) is 1.